The third kappa shape index (κ3) is 25.9. The fourth-order valence-corrected chi connectivity index (χ4v) is 20.3. The van der Waals surface area contributed by atoms with Crippen molar-refractivity contribution in [2.45, 2.75) is 150 Å². The van der Waals surface area contributed by atoms with Crippen LogP contribution in [0.1, 0.15) is 170 Å². The number of methoxy groups -OCH3 is 5. The molecular weight excluding hydrogens is 1600 g/mol. The molecule has 2 aliphatic carbocycles. The van der Waals surface area contributed by atoms with E-state index in [1.807, 2.05) is 84.9 Å². The largest absolute Gasteiger partial charge is 0.468 e. The van der Waals surface area contributed by atoms with E-state index in [-0.39, 0.29) is 60.1 Å². The van der Waals surface area contributed by atoms with Crippen LogP contribution < -0.4 is 0 Å². The summed E-state index contributed by atoms with van der Waals surface area (Å²) >= 11 is 0. The average molecular weight is 1730 g/mol. The Morgan fingerprint density at radius 2 is 0.643 bits per heavy atom. The van der Waals surface area contributed by atoms with Gasteiger partial charge in [-0.15, -0.1) is 0 Å². The van der Waals surface area contributed by atoms with Gasteiger partial charge in [0.2, 0.25) is 0 Å². The number of ether oxygens (including phenoxy) is 5. The van der Waals surface area contributed by atoms with Gasteiger partial charge in [-0.1, -0.05) is 328 Å². The number of hydrogen-bond acceptors (Lipinski definition) is 16. The molecule has 7 fully saturated rings. The van der Waals surface area contributed by atoms with Crippen LogP contribution in [0.2, 0.25) is 0 Å². The van der Waals surface area contributed by atoms with Crippen LogP contribution in [0.3, 0.4) is 0 Å². The average Bonchev–Trinajstić information content (AvgIpc) is 1.59. The van der Waals surface area contributed by atoms with Crippen molar-refractivity contribution in [2.24, 2.45) is 23.7 Å². The van der Waals surface area contributed by atoms with E-state index in [9.17, 15) is 29.2 Å². The Morgan fingerprint density at radius 1 is 0.349 bits per heavy atom. The van der Waals surface area contributed by atoms with Gasteiger partial charge in [0.05, 0.1) is 41.6 Å². The molecule has 0 aromatic heterocycles. The van der Waals surface area contributed by atoms with E-state index in [0.29, 0.717) is 48.5 Å². The van der Waals surface area contributed by atoms with Gasteiger partial charge in [-0.2, -0.15) is 5.26 Å². The van der Waals surface area contributed by atoms with E-state index in [1.165, 1.54) is 110 Å². The molecule has 5 aliphatic heterocycles. The number of esters is 5. The van der Waals surface area contributed by atoms with Crippen molar-refractivity contribution in [3.8, 4) is 6.07 Å². The number of likely N-dealkylation sites (tertiary alicyclic amines) is 5. The molecule has 9 atom stereocenters. The Morgan fingerprint density at radius 3 is 0.992 bits per heavy atom. The highest BCUT2D eigenvalue weighted by Gasteiger charge is 2.57. The fraction of sp³-hybridized carbons (Fsp3) is 0.381. The molecule has 672 valence electrons. The summed E-state index contributed by atoms with van der Waals surface area (Å²) in [6, 6.07) is 107. The van der Waals surface area contributed by atoms with Gasteiger partial charge in [0, 0.05) is 44.6 Å². The lowest BCUT2D eigenvalue weighted by Crippen LogP contribution is -2.47. The van der Waals surface area contributed by atoms with E-state index < -0.39 is 5.41 Å². The van der Waals surface area contributed by atoms with Crippen molar-refractivity contribution in [2.75, 3.05) is 101 Å². The van der Waals surface area contributed by atoms with Gasteiger partial charge in [-0.3, -0.25) is 48.5 Å². The molecule has 0 N–H and O–H groups in total. The number of nitriles is 1. The van der Waals surface area contributed by atoms with Crippen molar-refractivity contribution >= 4 is 41.0 Å². The van der Waals surface area contributed by atoms with Crippen LogP contribution in [0.15, 0.2) is 315 Å². The van der Waals surface area contributed by atoms with Gasteiger partial charge < -0.3 is 23.7 Å². The molecule has 7 aliphatic rings. The van der Waals surface area contributed by atoms with Crippen molar-refractivity contribution in [1.82, 2.24) is 24.5 Å². The highest BCUT2D eigenvalue weighted by atomic mass is 16.5. The first-order valence-corrected chi connectivity index (χ1v) is 46.8. The zero-order chi connectivity index (χ0) is 89.9. The van der Waals surface area contributed by atoms with Crippen LogP contribution in [0.4, 0.5) is 0 Å². The first-order valence-electron chi connectivity index (χ1n) is 46.8. The summed E-state index contributed by atoms with van der Waals surface area (Å²) in [6.45, 7) is 9.25. The molecule has 5 saturated heterocycles. The number of piperidine rings is 4. The Balaban J connectivity index is 0.000000138. The maximum Gasteiger partial charge on any atom is 0.323 e. The number of nitrogens with zero attached hydrogens (tertiary/aromatic N) is 6. The molecule has 17 rings (SSSR count). The molecular formula is C113H130N6O10. The zero-order valence-corrected chi connectivity index (χ0v) is 76.0. The van der Waals surface area contributed by atoms with E-state index in [2.05, 4.69) is 261 Å². The first-order chi connectivity index (χ1) is 63.3. The quantitative estimate of drug-likeness (QED) is 0.0296. The summed E-state index contributed by atoms with van der Waals surface area (Å²) in [7, 11) is 7.42. The van der Waals surface area contributed by atoms with Crippen molar-refractivity contribution in [3.63, 3.8) is 0 Å². The molecule has 0 bridgehead atoms. The minimum Gasteiger partial charge on any atom is -0.468 e. The second-order valence-electron chi connectivity index (χ2n) is 35.1. The van der Waals surface area contributed by atoms with Crippen molar-refractivity contribution in [3.05, 3.63) is 371 Å². The van der Waals surface area contributed by atoms with Crippen LogP contribution in [-0.2, 0) is 53.1 Å². The topological polar surface area (TPSA) is 171 Å². The summed E-state index contributed by atoms with van der Waals surface area (Å²) in [5, 5.41) is 10.3. The Bertz CT molecular complexity index is 4970. The summed E-state index contributed by atoms with van der Waals surface area (Å²) in [5.74, 6) is 2.75. The number of hydrogen-bond donors (Lipinski definition) is 0. The standard InChI is InChI=1S/C23H26N2O2.C23H25NO2.C23H29NO2.2C22H25NO2/c1-27-22(26)21-14-8-9-16-25(21)17-15-23(18-24,19-10-4-2-5-11-19)20-12-6-3-7-13-20;1-26-23(25)22-21-15-19(21)16-24(22)14-8-13-20(17-9-4-2-5-10-17)18-11-6-3-7-12-18;1-26-23(25)22-16-8-9-17-24(22)18-10-15-21(19-11-4-2-5-12-19)20-13-6-3-7-14-20;1-25-22(24)21-20-14-18(20)15-23(21)13-12-19(16-8-4-2-5-9-16)17-10-6-3-7-11-17;1-25-22(24)21-15-9-17-23(21)16-8-14-20(18-10-4-2-5-11-18)19-12-6-3-7-13-19/h2-7,10-13,21H,8-9,14-17H2,1H3;2-7,9-13,19,21-22H,8,14-16H2,1H3;2-7,11-14,21-22H,8-10,15-18H2,1H3;2-11,18-21H,12-15H2,1H3;2-7,10-14,21H,8-9,15-17H2,1H3/t;19-,21-,22-;;18-,20-,21-;21-/m.1.10/s1. The third-order valence-corrected chi connectivity index (χ3v) is 27.2. The Labute approximate surface area is 765 Å². The van der Waals surface area contributed by atoms with E-state index in [4.69, 9.17) is 23.7 Å². The number of benzene rings is 10. The second-order valence-corrected chi connectivity index (χ2v) is 35.1. The lowest BCUT2D eigenvalue weighted by Gasteiger charge is -2.36. The molecule has 10 aromatic carbocycles. The lowest BCUT2D eigenvalue weighted by molar-refractivity contribution is -0.149. The van der Waals surface area contributed by atoms with Crippen molar-refractivity contribution in [1.29, 1.82) is 5.26 Å². The van der Waals surface area contributed by atoms with Crippen LogP contribution in [0, 0.1) is 35.0 Å². The third-order valence-electron chi connectivity index (χ3n) is 27.2. The molecule has 0 radical (unpaired) electrons. The van der Waals surface area contributed by atoms with Crippen LogP contribution >= 0.6 is 0 Å². The minimum atomic E-state index is -0.735. The van der Waals surface area contributed by atoms with Gasteiger partial charge in [0.15, 0.2) is 0 Å². The first kappa shape index (κ1) is 94.9. The van der Waals surface area contributed by atoms with Crippen LogP contribution in [0.25, 0.3) is 11.1 Å². The molecule has 2 unspecified atom stereocenters. The van der Waals surface area contributed by atoms with Crippen LogP contribution in [0.5, 0.6) is 0 Å². The maximum absolute atomic E-state index is 12.2. The second kappa shape index (κ2) is 49.2. The lowest BCUT2D eigenvalue weighted by atomic mass is 9.73. The highest BCUT2D eigenvalue weighted by molar-refractivity contribution is 5.82. The molecule has 0 spiro atoms. The summed E-state index contributed by atoms with van der Waals surface area (Å²) in [5.41, 5.74) is 14.1. The summed E-state index contributed by atoms with van der Waals surface area (Å²) in [6.07, 6.45) is 20.7. The minimum absolute atomic E-state index is 0.0257. The van der Waals surface area contributed by atoms with Gasteiger partial charge in [0.25, 0.3) is 0 Å². The Hall–Kier alpha value is -11.7. The van der Waals surface area contributed by atoms with Crippen LogP contribution in [-0.4, -0.2) is 186 Å². The number of carbonyl (C=O) groups excluding carboxylic acids is 5. The molecule has 16 nitrogen and oxygen atoms in total. The number of rotatable bonds is 31. The summed E-state index contributed by atoms with van der Waals surface area (Å²) < 4.78 is 25.0. The van der Waals surface area contributed by atoms with E-state index in [1.54, 1.807) is 0 Å². The number of carbonyl (C=O) groups is 5. The predicted octanol–water partition coefficient (Wildman–Crippen LogP) is 20.4. The van der Waals surface area contributed by atoms with E-state index in [0.717, 1.165) is 147 Å². The molecule has 129 heavy (non-hydrogen) atoms. The normalized spacial score (nSPS) is 20.4. The predicted molar refractivity (Wildman–Crippen MR) is 513 cm³/mol. The summed E-state index contributed by atoms with van der Waals surface area (Å²) in [4.78, 5) is 71.8. The monoisotopic (exact) mass is 1730 g/mol. The smallest absolute Gasteiger partial charge is 0.323 e. The fourth-order valence-electron chi connectivity index (χ4n) is 20.3. The van der Waals surface area contributed by atoms with Crippen molar-refractivity contribution < 1.29 is 47.7 Å². The van der Waals surface area contributed by atoms with E-state index >= 15 is 0 Å². The van der Waals surface area contributed by atoms with Gasteiger partial charge in [0.1, 0.15) is 35.6 Å². The molecule has 16 heteroatoms. The number of fused-ring (bicyclic) bond motifs is 2. The Kier molecular flexibility index (Phi) is 36.2. The molecule has 10 aromatic rings. The highest BCUT2D eigenvalue weighted by Crippen LogP contribution is 2.51. The molecule has 0 amide bonds. The van der Waals surface area contributed by atoms with Gasteiger partial charge in [-0.25, -0.2) is 0 Å². The van der Waals surface area contributed by atoms with Gasteiger partial charge in [-0.05, 0) is 213 Å². The van der Waals surface area contributed by atoms with Gasteiger partial charge >= 0.3 is 29.8 Å². The molecule has 5 heterocycles. The zero-order valence-electron chi connectivity index (χ0n) is 76.0. The SMILES string of the molecule is COC(=O)C1CCCCN1CCC(C#N)(c1ccccc1)c1ccccc1.COC(=O)C1CCCCN1CCCC(c1ccccc1)c1ccccc1.COC(=O)[C@@H]1CCCN1CCC=C(c1ccccc1)c1ccccc1.COC(=O)[C@H]1[C@@H]2C[C@@H]2CN1CCC(c1ccccc1)c1ccccc1.COC(=O)[C@H]1[C@@H]2C[C@@H]2CN1CCC=C(c1ccccc1)c1ccccc1. The maximum atomic E-state index is 12.2. The molecule has 2 saturated carbocycles.